The van der Waals surface area contributed by atoms with Crippen molar-refractivity contribution < 1.29 is 0 Å². The van der Waals surface area contributed by atoms with E-state index in [0.29, 0.717) is 0 Å². The van der Waals surface area contributed by atoms with Crippen LogP contribution in [0.15, 0.2) is 0 Å². The van der Waals surface area contributed by atoms with Crippen molar-refractivity contribution in [2.45, 2.75) is 85.0 Å². The van der Waals surface area contributed by atoms with Gasteiger partial charge < -0.3 is 0 Å². The molecular weight excluding hydrogens is 168 g/mol. The number of hydrogen-bond acceptors (Lipinski definition) is 0. The standard InChI is InChI=1S/C14H30/c1-4-7-9-11-13-14(6-3)12-10-8-5-2/h14H,4-13H2,1-3H3. The van der Waals surface area contributed by atoms with Crippen LogP contribution in [0.3, 0.4) is 0 Å². The van der Waals surface area contributed by atoms with Crippen LogP contribution in [0, 0.1) is 5.92 Å². The van der Waals surface area contributed by atoms with Gasteiger partial charge in [-0.2, -0.15) is 0 Å². The van der Waals surface area contributed by atoms with Gasteiger partial charge >= 0.3 is 0 Å². The third kappa shape index (κ3) is 8.59. The average molecular weight is 198 g/mol. The van der Waals surface area contributed by atoms with Gasteiger partial charge in [0.2, 0.25) is 0 Å². The van der Waals surface area contributed by atoms with Crippen LogP contribution in [0.4, 0.5) is 0 Å². The highest BCUT2D eigenvalue weighted by Gasteiger charge is 2.04. The van der Waals surface area contributed by atoms with Gasteiger partial charge in [0.1, 0.15) is 0 Å². The van der Waals surface area contributed by atoms with Gasteiger partial charge in [-0.25, -0.2) is 0 Å². The molecular formula is C14H30. The predicted octanol–water partition coefficient (Wildman–Crippen LogP) is 5.56. The van der Waals surface area contributed by atoms with E-state index in [4.69, 9.17) is 0 Å². The molecule has 0 amide bonds. The molecule has 86 valence electrons. The van der Waals surface area contributed by atoms with Crippen LogP contribution in [-0.4, -0.2) is 0 Å². The first kappa shape index (κ1) is 14.0. The van der Waals surface area contributed by atoms with Gasteiger partial charge in [0.25, 0.3) is 0 Å². The summed E-state index contributed by atoms with van der Waals surface area (Å²) in [7, 11) is 0. The molecule has 0 aromatic carbocycles. The summed E-state index contributed by atoms with van der Waals surface area (Å²) in [6, 6.07) is 0. The highest BCUT2D eigenvalue weighted by atomic mass is 14.1. The van der Waals surface area contributed by atoms with E-state index in [2.05, 4.69) is 20.8 Å². The van der Waals surface area contributed by atoms with E-state index < -0.39 is 0 Å². The lowest BCUT2D eigenvalue weighted by atomic mass is 9.93. The van der Waals surface area contributed by atoms with Crippen LogP contribution in [0.5, 0.6) is 0 Å². The van der Waals surface area contributed by atoms with E-state index in [1.54, 1.807) is 0 Å². The molecule has 0 N–H and O–H groups in total. The minimum absolute atomic E-state index is 1.03. The molecule has 1 unspecified atom stereocenters. The normalized spacial score (nSPS) is 13.1. The quantitative estimate of drug-likeness (QED) is 0.403. The summed E-state index contributed by atoms with van der Waals surface area (Å²) in [4.78, 5) is 0. The van der Waals surface area contributed by atoms with Gasteiger partial charge in [0.15, 0.2) is 0 Å². The van der Waals surface area contributed by atoms with Gasteiger partial charge in [-0.05, 0) is 5.92 Å². The summed E-state index contributed by atoms with van der Waals surface area (Å²) >= 11 is 0. The molecule has 0 aliphatic carbocycles. The van der Waals surface area contributed by atoms with Crippen molar-refractivity contribution in [2.75, 3.05) is 0 Å². The zero-order valence-electron chi connectivity index (χ0n) is 10.6. The van der Waals surface area contributed by atoms with Gasteiger partial charge in [-0.3, -0.25) is 0 Å². The Bertz CT molecular complexity index is 96.2. The van der Waals surface area contributed by atoms with Gasteiger partial charge in [0.05, 0.1) is 0 Å². The van der Waals surface area contributed by atoms with Crippen LogP contribution in [0.2, 0.25) is 0 Å². The first-order valence-corrected chi connectivity index (χ1v) is 6.85. The molecule has 0 aliphatic heterocycles. The van der Waals surface area contributed by atoms with E-state index in [9.17, 15) is 0 Å². The fourth-order valence-corrected chi connectivity index (χ4v) is 2.10. The van der Waals surface area contributed by atoms with Crippen molar-refractivity contribution in [3.05, 3.63) is 0 Å². The maximum Gasteiger partial charge on any atom is -0.0417 e. The molecule has 0 aromatic rings. The lowest BCUT2D eigenvalue weighted by molar-refractivity contribution is 0.397. The molecule has 0 saturated heterocycles. The maximum absolute atomic E-state index is 2.36. The van der Waals surface area contributed by atoms with Crippen molar-refractivity contribution in [3.8, 4) is 0 Å². The molecule has 1 atom stereocenters. The molecule has 0 fully saturated rings. The fourth-order valence-electron chi connectivity index (χ4n) is 2.10. The summed E-state index contributed by atoms with van der Waals surface area (Å²) < 4.78 is 0. The van der Waals surface area contributed by atoms with Crippen LogP contribution in [-0.2, 0) is 0 Å². The van der Waals surface area contributed by atoms with Gasteiger partial charge in [0, 0.05) is 0 Å². The van der Waals surface area contributed by atoms with Crippen LogP contribution < -0.4 is 0 Å². The zero-order valence-corrected chi connectivity index (χ0v) is 10.6. The van der Waals surface area contributed by atoms with E-state index in [0.717, 1.165) is 5.92 Å². The zero-order chi connectivity index (χ0) is 10.6. The minimum Gasteiger partial charge on any atom is -0.0654 e. The van der Waals surface area contributed by atoms with Crippen molar-refractivity contribution in [2.24, 2.45) is 5.92 Å². The van der Waals surface area contributed by atoms with Crippen molar-refractivity contribution in [1.29, 1.82) is 0 Å². The van der Waals surface area contributed by atoms with Gasteiger partial charge in [-0.1, -0.05) is 85.0 Å². The van der Waals surface area contributed by atoms with E-state index >= 15 is 0 Å². The topological polar surface area (TPSA) is 0 Å². The number of unbranched alkanes of at least 4 members (excludes halogenated alkanes) is 5. The Morgan fingerprint density at radius 3 is 1.64 bits per heavy atom. The van der Waals surface area contributed by atoms with E-state index in [1.807, 2.05) is 0 Å². The lowest BCUT2D eigenvalue weighted by Crippen LogP contribution is -1.98. The monoisotopic (exact) mass is 198 g/mol. The SMILES string of the molecule is CCCCCCC(CC)CCCCC. The first-order chi connectivity index (χ1) is 6.85. The van der Waals surface area contributed by atoms with Gasteiger partial charge in [-0.15, -0.1) is 0 Å². The highest BCUT2D eigenvalue weighted by Crippen LogP contribution is 2.20. The molecule has 0 rings (SSSR count). The highest BCUT2D eigenvalue weighted by molar-refractivity contribution is 4.58. The third-order valence-corrected chi connectivity index (χ3v) is 3.26. The molecule has 0 aliphatic rings. The van der Waals surface area contributed by atoms with Crippen molar-refractivity contribution in [3.63, 3.8) is 0 Å². The average Bonchev–Trinajstić information content (AvgIpc) is 2.22. The van der Waals surface area contributed by atoms with E-state index in [-0.39, 0.29) is 0 Å². The molecule has 0 saturated carbocycles. The summed E-state index contributed by atoms with van der Waals surface area (Å²) in [6.45, 7) is 6.94. The molecule has 0 radical (unpaired) electrons. The predicted molar refractivity (Wildman–Crippen MR) is 66.7 cm³/mol. The molecule has 0 heterocycles. The Morgan fingerprint density at radius 1 is 0.643 bits per heavy atom. The second-order valence-corrected chi connectivity index (χ2v) is 4.62. The first-order valence-electron chi connectivity index (χ1n) is 6.85. The van der Waals surface area contributed by atoms with Crippen molar-refractivity contribution in [1.82, 2.24) is 0 Å². The van der Waals surface area contributed by atoms with Crippen molar-refractivity contribution >= 4 is 0 Å². The summed E-state index contributed by atoms with van der Waals surface area (Å²) in [5.41, 5.74) is 0. The molecule has 0 bridgehead atoms. The lowest BCUT2D eigenvalue weighted by Gasteiger charge is -2.13. The summed E-state index contributed by atoms with van der Waals surface area (Å²) in [6.07, 6.45) is 14.4. The molecule has 0 nitrogen and oxygen atoms in total. The third-order valence-electron chi connectivity index (χ3n) is 3.26. The molecule has 14 heavy (non-hydrogen) atoms. The second-order valence-electron chi connectivity index (χ2n) is 4.62. The largest absolute Gasteiger partial charge is 0.0654 e. The Morgan fingerprint density at radius 2 is 1.14 bits per heavy atom. The Balaban J connectivity index is 3.28. The summed E-state index contributed by atoms with van der Waals surface area (Å²) in [5.74, 6) is 1.03. The molecule has 0 aromatic heterocycles. The number of hydrogen-bond donors (Lipinski definition) is 0. The molecule has 0 heteroatoms. The second kappa shape index (κ2) is 11.1. The van der Waals surface area contributed by atoms with Crippen LogP contribution in [0.1, 0.15) is 85.0 Å². The van der Waals surface area contributed by atoms with E-state index in [1.165, 1.54) is 64.2 Å². The Hall–Kier alpha value is 0. The van der Waals surface area contributed by atoms with Crippen LogP contribution >= 0.6 is 0 Å². The number of rotatable bonds is 10. The minimum atomic E-state index is 1.03. The smallest absolute Gasteiger partial charge is 0.0417 e. The Kier molecular flexibility index (Phi) is 11.1. The Labute approximate surface area is 91.5 Å². The molecule has 0 spiro atoms. The van der Waals surface area contributed by atoms with Crippen LogP contribution in [0.25, 0.3) is 0 Å². The maximum atomic E-state index is 2.36. The fraction of sp³-hybridized carbons (Fsp3) is 1.00. The summed E-state index contributed by atoms with van der Waals surface area (Å²) in [5, 5.41) is 0.